The van der Waals surface area contributed by atoms with Gasteiger partial charge in [0.1, 0.15) is 6.10 Å². The maximum atomic E-state index is 13.0. The Morgan fingerprint density at radius 3 is 2.14 bits per heavy atom. The molecule has 158 valence electrons. The maximum Gasteiger partial charge on any atom is 0.297 e. The molecule has 0 aromatic heterocycles. The van der Waals surface area contributed by atoms with Crippen molar-refractivity contribution in [3.63, 3.8) is 0 Å². The smallest absolute Gasteiger partial charge is 0.291 e. The lowest BCUT2D eigenvalue weighted by molar-refractivity contribution is 0.0783. The van der Waals surface area contributed by atoms with E-state index >= 15 is 0 Å². The molecular weight excluding hydrogens is 408 g/mol. The molecule has 0 bridgehead atoms. The van der Waals surface area contributed by atoms with E-state index in [4.69, 9.17) is 15.8 Å². The Morgan fingerprint density at radius 1 is 0.931 bits per heavy atom. The summed E-state index contributed by atoms with van der Waals surface area (Å²) in [4.78, 5) is 13.0. The van der Waals surface area contributed by atoms with Gasteiger partial charge in [0.15, 0.2) is 5.78 Å². The van der Waals surface area contributed by atoms with Crippen LogP contribution in [0.15, 0.2) is 53.4 Å². The van der Waals surface area contributed by atoms with Crippen molar-refractivity contribution in [3.8, 4) is 0 Å². The summed E-state index contributed by atoms with van der Waals surface area (Å²) in [6, 6.07) is 12.8. The van der Waals surface area contributed by atoms with Crippen molar-refractivity contribution < 1.29 is 17.4 Å². The van der Waals surface area contributed by atoms with Crippen molar-refractivity contribution in [1.29, 1.82) is 0 Å². The van der Waals surface area contributed by atoms with E-state index < -0.39 is 16.2 Å². The van der Waals surface area contributed by atoms with Gasteiger partial charge in [0.25, 0.3) is 10.1 Å². The highest BCUT2D eigenvalue weighted by Crippen LogP contribution is 2.22. The Morgan fingerprint density at radius 2 is 1.52 bits per heavy atom. The maximum absolute atomic E-state index is 13.0. The highest BCUT2D eigenvalue weighted by atomic mass is 35.5. The largest absolute Gasteiger partial charge is 0.297 e. The van der Waals surface area contributed by atoms with Crippen LogP contribution in [0.5, 0.6) is 0 Å². The van der Waals surface area contributed by atoms with Crippen LogP contribution in [0.4, 0.5) is 0 Å². The molecule has 0 saturated carbocycles. The van der Waals surface area contributed by atoms with Crippen LogP contribution in [0.25, 0.3) is 0 Å². The van der Waals surface area contributed by atoms with Gasteiger partial charge in [-0.2, -0.15) is 8.42 Å². The highest BCUT2D eigenvalue weighted by molar-refractivity contribution is 7.86. The lowest BCUT2D eigenvalue weighted by atomic mass is 10.0. The third kappa shape index (κ3) is 7.57. The quantitative estimate of drug-likeness (QED) is 0.221. The summed E-state index contributed by atoms with van der Waals surface area (Å²) in [6.45, 7) is 4.03. The topological polar surface area (TPSA) is 60.4 Å². The van der Waals surface area contributed by atoms with E-state index in [2.05, 4.69) is 6.92 Å². The summed E-state index contributed by atoms with van der Waals surface area (Å²) in [5.41, 5.74) is 1.34. The standard InChI is InChI=1S/C23H29ClO4S/c1-3-4-5-6-7-8-9-22(23(25)19-12-14-20(24)15-13-19)28-29(26,27)21-16-10-18(2)11-17-21/h10-17,22H,3-9H2,1-2H3. The number of rotatable bonds is 12. The monoisotopic (exact) mass is 436 g/mol. The first-order valence-electron chi connectivity index (χ1n) is 10.1. The third-order valence-corrected chi connectivity index (χ3v) is 6.38. The van der Waals surface area contributed by atoms with Crippen LogP contribution in [-0.2, 0) is 14.3 Å². The molecule has 0 N–H and O–H groups in total. The van der Waals surface area contributed by atoms with Crippen molar-refractivity contribution in [2.75, 3.05) is 0 Å². The van der Waals surface area contributed by atoms with E-state index in [-0.39, 0.29) is 10.7 Å². The summed E-state index contributed by atoms with van der Waals surface area (Å²) in [7, 11) is -4.04. The van der Waals surface area contributed by atoms with Gasteiger partial charge in [-0.15, -0.1) is 0 Å². The van der Waals surface area contributed by atoms with Crippen LogP contribution in [0.1, 0.15) is 67.8 Å². The molecule has 0 saturated heterocycles. The zero-order valence-corrected chi connectivity index (χ0v) is 18.6. The molecule has 0 fully saturated rings. The fraction of sp³-hybridized carbons (Fsp3) is 0.435. The van der Waals surface area contributed by atoms with E-state index in [1.54, 1.807) is 36.4 Å². The van der Waals surface area contributed by atoms with Crippen molar-refractivity contribution in [1.82, 2.24) is 0 Å². The van der Waals surface area contributed by atoms with Gasteiger partial charge < -0.3 is 0 Å². The predicted molar refractivity (Wildman–Crippen MR) is 117 cm³/mol. The molecular formula is C23H29ClO4S. The van der Waals surface area contributed by atoms with Gasteiger partial charge in [0.05, 0.1) is 4.90 Å². The molecule has 6 heteroatoms. The van der Waals surface area contributed by atoms with Crippen molar-refractivity contribution in [2.24, 2.45) is 0 Å². The average molecular weight is 437 g/mol. The van der Waals surface area contributed by atoms with E-state index in [0.29, 0.717) is 17.0 Å². The molecule has 2 rings (SSSR count). The fourth-order valence-corrected chi connectivity index (χ4v) is 4.24. The first-order chi connectivity index (χ1) is 13.8. The molecule has 0 amide bonds. The minimum absolute atomic E-state index is 0.0555. The predicted octanol–water partition coefficient (Wildman–Crippen LogP) is 6.36. The van der Waals surface area contributed by atoms with Gasteiger partial charge in [-0.05, 0) is 49.7 Å². The summed E-state index contributed by atoms with van der Waals surface area (Å²) >= 11 is 5.90. The summed E-state index contributed by atoms with van der Waals surface area (Å²) < 4.78 is 30.9. The Labute approximate surface area is 179 Å². The molecule has 0 aliphatic rings. The molecule has 29 heavy (non-hydrogen) atoms. The number of halogens is 1. The zero-order valence-electron chi connectivity index (χ0n) is 17.1. The number of hydrogen-bond donors (Lipinski definition) is 0. The molecule has 0 aliphatic carbocycles. The number of carbonyl (C=O) groups is 1. The molecule has 2 aromatic carbocycles. The number of aryl methyl sites for hydroxylation is 1. The second-order valence-corrected chi connectivity index (χ2v) is 9.29. The van der Waals surface area contributed by atoms with E-state index in [0.717, 1.165) is 37.7 Å². The first kappa shape index (κ1) is 23.6. The minimum Gasteiger partial charge on any atom is -0.291 e. The number of ketones is 1. The van der Waals surface area contributed by atoms with Gasteiger partial charge in [-0.25, -0.2) is 0 Å². The zero-order chi connectivity index (χ0) is 21.3. The molecule has 0 spiro atoms. The molecule has 0 radical (unpaired) electrons. The Kier molecular flexibility index (Phi) is 9.34. The van der Waals surface area contributed by atoms with Crippen LogP contribution in [0.2, 0.25) is 5.02 Å². The van der Waals surface area contributed by atoms with E-state index in [1.807, 2.05) is 6.92 Å². The van der Waals surface area contributed by atoms with Crippen LogP contribution in [0, 0.1) is 6.92 Å². The number of unbranched alkanes of at least 4 members (excludes halogenated alkanes) is 5. The van der Waals surface area contributed by atoms with Crippen LogP contribution in [0.3, 0.4) is 0 Å². The van der Waals surface area contributed by atoms with Gasteiger partial charge in [-0.3, -0.25) is 8.98 Å². The van der Waals surface area contributed by atoms with Gasteiger partial charge >= 0.3 is 0 Å². The molecule has 4 nitrogen and oxygen atoms in total. The summed E-state index contributed by atoms with van der Waals surface area (Å²) in [5.74, 6) is -0.342. The van der Waals surface area contributed by atoms with Gasteiger partial charge in [-0.1, -0.05) is 74.7 Å². The molecule has 2 aromatic rings. The van der Waals surface area contributed by atoms with Crippen molar-refractivity contribution >= 4 is 27.5 Å². The molecule has 0 aliphatic heterocycles. The number of benzene rings is 2. The summed E-state index contributed by atoms with van der Waals surface area (Å²) in [5, 5.41) is 0.516. The summed E-state index contributed by atoms with van der Waals surface area (Å²) in [6.07, 6.45) is 5.55. The molecule has 1 unspecified atom stereocenters. The third-order valence-electron chi connectivity index (χ3n) is 4.79. The Hall–Kier alpha value is -1.69. The Balaban J connectivity index is 2.13. The highest BCUT2D eigenvalue weighted by Gasteiger charge is 2.28. The van der Waals surface area contributed by atoms with Crippen LogP contribution >= 0.6 is 11.6 Å². The normalized spacial score (nSPS) is 12.7. The number of Topliss-reactive ketones (excluding diaryl/α,β-unsaturated/α-hetero) is 1. The van der Waals surface area contributed by atoms with Crippen LogP contribution in [-0.4, -0.2) is 20.3 Å². The van der Waals surface area contributed by atoms with Crippen molar-refractivity contribution in [3.05, 3.63) is 64.7 Å². The first-order valence-corrected chi connectivity index (χ1v) is 11.9. The van der Waals surface area contributed by atoms with E-state index in [1.165, 1.54) is 18.6 Å². The fourth-order valence-electron chi connectivity index (χ4n) is 3.05. The lowest BCUT2D eigenvalue weighted by Gasteiger charge is -2.17. The molecule has 1 atom stereocenters. The second kappa shape index (κ2) is 11.5. The van der Waals surface area contributed by atoms with E-state index in [9.17, 15) is 13.2 Å². The van der Waals surface area contributed by atoms with Crippen LogP contribution < -0.4 is 0 Å². The SMILES string of the molecule is CCCCCCCCC(OS(=O)(=O)c1ccc(C)cc1)C(=O)c1ccc(Cl)cc1. The van der Waals surface area contributed by atoms with Crippen molar-refractivity contribution in [2.45, 2.75) is 69.8 Å². The average Bonchev–Trinajstić information content (AvgIpc) is 2.70. The second-order valence-electron chi connectivity index (χ2n) is 7.28. The van der Waals surface area contributed by atoms with Gasteiger partial charge in [0.2, 0.25) is 0 Å². The van der Waals surface area contributed by atoms with Gasteiger partial charge in [0, 0.05) is 10.6 Å². The Bertz CT molecular complexity index is 874. The molecule has 0 heterocycles. The number of carbonyl (C=O) groups excluding carboxylic acids is 1. The lowest BCUT2D eigenvalue weighted by Crippen LogP contribution is -2.27. The minimum atomic E-state index is -4.04. The number of hydrogen-bond acceptors (Lipinski definition) is 4.